The Morgan fingerprint density at radius 1 is 1.08 bits per heavy atom. The Morgan fingerprint density at radius 2 is 1.81 bits per heavy atom. The third-order valence-electron chi connectivity index (χ3n) is 5.15. The molecule has 1 aliphatic heterocycles. The van der Waals surface area contributed by atoms with Crippen LogP contribution < -0.4 is 14.2 Å². The van der Waals surface area contributed by atoms with Crippen LogP contribution in [0.4, 0.5) is 13.2 Å². The molecule has 0 aliphatic carbocycles. The molecule has 3 rings (SSSR count). The summed E-state index contributed by atoms with van der Waals surface area (Å²) >= 11 is 0. The second kappa shape index (κ2) is 11.5. The summed E-state index contributed by atoms with van der Waals surface area (Å²) in [7, 11) is 1.36. The van der Waals surface area contributed by atoms with Crippen molar-refractivity contribution in [3.63, 3.8) is 0 Å². The number of hydrogen-bond donors (Lipinski definition) is 0. The molecule has 1 aromatic heterocycles. The Bertz CT molecular complexity index is 1130. The summed E-state index contributed by atoms with van der Waals surface area (Å²) in [5.41, 5.74) is -1.83. The van der Waals surface area contributed by atoms with E-state index < -0.39 is 29.5 Å². The summed E-state index contributed by atoms with van der Waals surface area (Å²) in [6, 6.07) is 7.16. The second-order valence-electron chi connectivity index (χ2n) is 8.37. The third-order valence-corrected chi connectivity index (χ3v) is 5.15. The van der Waals surface area contributed by atoms with E-state index in [9.17, 15) is 27.6 Å². The average Bonchev–Trinajstić information content (AvgIpc) is 3.38. The van der Waals surface area contributed by atoms with Crippen LogP contribution >= 0.6 is 0 Å². The Kier molecular flexibility index (Phi) is 8.58. The molecule has 10 nitrogen and oxygen atoms in total. The number of halogens is 3. The van der Waals surface area contributed by atoms with Crippen LogP contribution in [0.3, 0.4) is 0 Å². The van der Waals surface area contributed by atoms with E-state index in [1.165, 1.54) is 43.6 Å². The van der Waals surface area contributed by atoms with Crippen LogP contribution in [0, 0.1) is 0 Å². The second-order valence-corrected chi connectivity index (χ2v) is 8.37. The van der Waals surface area contributed by atoms with E-state index in [4.69, 9.17) is 18.9 Å². The molecule has 0 radical (unpaired) electrons. The number of rotatable bonds is 9. The number of aromatic nitrogens is 1. The van der Waals surface area contributed by atoms with E-state index in [-0.39, 0.29) is 28.7 Å². The smallest absolute Gasteiger partial charge is 0.495 e. The highest BCUT2D eigenvalue weighted by atomic mass is 19.4. The molecule has 1 atom stereocenters. The van der Waals surface area contributed by atoms with E-state index in [0.29, 0.717) is 19.1 Å². The molecule has 0 saturated carbocycles. The first-order valence-corrected chi connectivity index (χ1v) is 11.0. The van der Waals surface area contributed by atoms with Crippen LogP contribution in [-0.2, 0) is 24.1 Å². The highest BCUT2D eigenvalue weighted by molar-refractivity contribution is 6.10. The zero-order valence-electron chi connectivity index (χ0n) is 20.1. The van der Waals surface area contributed by atoms with Gasteiger partial charge in [0.05, 0.1) is 18.8 Å². The van der Waals surface area contributed by atoms with Crippen LogP contribution in [0.1, 0.15) is 42.6 Å². The maximum Gasteiger partial charge on any atom is 0.495 e. The van der Waals surface area contributed by atoms with Gasteiger partial charge in [0.25, 0.3) is 0 Å². The summed E-state index contributed by atoms with van der Waals surface area (Å²) in [6.45, 7) is 3.31. The van der Waals surface area contributed by atoms with Gasteiger partial charge in [-0.2, -0.15) is 13.2 Å². The van der Waals surface area contributed by atoms with Gasteiger partial charge in [0.15, 0.2) is 5.78 Å². The van der Waals surface area contributed by atoms with Crippen molar-refractivity contribution in [3.8, 4) is 17.4 Å². The van der Waals surface area contributed by atoms with Gasteiger partial charge in [0.2, 0.25) is 11.5 Å². The topological polar surface area (TPSA) is 119 Å². The normalized spacial score (nSPS) is 15.6. The molecule has 37 heavy (non-hydrogen) atoms. The Labute approximate surface area is 209 Å². The van der Waals surface area contributed by atoms with Crippen LogP contribution in [0.25, 0.3) is 0 Å². The van der Waals surface area contributed by atoms with Crippen LogP contribution in [0.5, 0.6) is 17.4 Å². The Hall–Kier alpha value is -3.87. The largest absolute Gasteiger partial charge is 0.497 e. The van der Waals surface area contributed by atoms with Crippen molar-refractivity contribution in [2.75, 3.05) is 20.3 Å². The highest BCUT2D eigenvalue weighted by Crippen LogP contribution is 2.31. The van der Waals surface area contributed by atoms with E-state index in [2.05, 4.69) is 14.8 Å². The molecule has 1 aliphatic rings. The van der Waals surface area contributed by atoms with Crippen molar-refractivity contribution < 1.29 is 56.3 Å². The minimum Gasteiger partial charge on any atom is -0.497 e. The molecule has 0 N–H and O–H groups in total. The molecule has 1 aromatic carbocycles. The summed E-state index contributed by atoms with van der Waals surface area (Å²) < 4.78 is 58.7. The van der Waals surface area contributed by atoms with Gasteiger partial charge in [-0.1, -0.05) is 0 Å². The SMILES string of the molecule is COc1ccc(C(=O)c2ccc(OCC3CCCO3)nc2)c(OC(C)(C)C(=O)OOC(=O)C(F)(F)F)c1. The number of ketones is 1. The molecule has 2 heterocycles. The first kappa shape index (κ1) is 27.7. The van der Waals surface area contributed by atoms with Gasteiger partial charge < -0.3 is 18.9 Å². The first-order valence-electron chi connectivity index (χ1n) is 11.0. The van der Waals surface area contributed by atoms with Gasteiger partial charge in [-0.3, -0.25) is 4.79 Å². The van der Waals surface area contributed by atoms with Gasteiger partial charge in [-0.25, -0.2) is 24.3 Å². The molecule has 0 bridgehead atoms. The fourth-order valence-electron chi connectivity index (χ4n) is 3.15. The zero-order chi connectivity index (χ0) is 27.2. The predicted octanol–water partition coefficient (Wildman–Crippen LogP) is 3.60. The predicted molar refractivity (Wildman–Crippen MR) is 118 cm³/mol. The minimum atomic E-state index is -5.36. The van der Waals surface area contributed by atoms with E-state index >= 15 is 0 Å². The molecule has 0 amide bonds. The first-order chi connectivity index (χ1) is 17.4. The standard InChI is InChI=1S/C24H24F3NO9/c1-23(2,21(30)36-37-22(31)24(25,26)27)35-18-11-15(32-3)7-8-17(18)20(29)14-6-9-19(28-12-14)34-13-16-5-4-10-33-16/h6-9,11-12,16H,4-5,10,13H2,1-3H3. The number of carbonyl (C=O) groups is 3. The van der Waals surface area contributed by atoms with E-state index in [1.807, 2.05) is 0 Å². The van der Waals surface area contributed by atoms with Gasteiger partial charge in [0, 0.05) is 30.5 Å². The quantitative estimate of drug-likeness (QED) is 0.272. The monoisotopic (exact) mass is 527 g/mol. The molecule has 0 spiro atoms. The van der Waals surface area contributed by atoms with Crippen molar-refractivity contribution in [3.05, 3.63) is 47.7 Å². The Balaban J connectivity index is 1.74. The van der Waals surface area contributed by atoms with Crippen LogP contribution in [0.2, 0.25) is 0 Å². The fraction of sp³-hybridized carbons (Fsp3) is 0.417. The number of alkyl halides is 3. The summed E-state index contributed by atoms with van der Waals surface area (Å²) in [5.74, 6) is -4.30. The van der Waals surface area contributed by atoms with Crippen molar-refractivity contribution in [1.29, 1.82) is 0 Å². The van der Waals surface area contributed by atoms with E-state index in [1.54, 1.807) is 0 Å². The van der Waals surface area contributed by atoms with Gasteiger partial charge >= 0.3 is 18.1 Å². The molecule has 13 heteroatoms. The molecule has 2 aromatic rings. The molecule has 1 unspecified atom stereocenters. The van der Waals surface area contributed by atoms with Crippen molar-refractivity contribution in [2.24, 2.45) is 0 Å². The number of carbonyl (C=O) groups excluding carboxylic acids is 3. The lowest BCUT2D eigenvalue weighted by Gasteiger charge is -2.24. The summed E-state index contributed by atoms with van der Waals surface area (Å²) in [6.07, 6.45) is -2.21. The lowest BCUT2D eigenvalue weighted by molar-refractivity contribution is -0.291. The summed E-state index contributed by atoms with van der Waals surface area (Å²) in [5, 5.41) is 0. The molecule has 200 valence electrons. The summed E-state index contributed by atoms with van der Waals surface area (Å²) in [4.78, 5) is 47.9. The van der Waals surface area contributed by atoms with Gasteiger partial charge in [0.1, 0.15) is 18.1 Å². The lowest BCUT2D eigenvalue weighted by atomic mass is 10.0. The minimum absolute atomic E-state index is 0.00542. The van der Waals surface area contributed by atoms with Crippen molar-refractivity contribution in [2.45, 2.75) is 44.6 Å². The molecule has 1 saturated heterocycles. The number of hydrogen-bond acceptors (Lipinski definition) is 10. The Morgan fingerprint density at radius 3 is 2.41 bits per heavy atom. The van der Waals surface area contributed by atoms with Crippen LogP contribution in [-0.4, -0.2) is 60.9 Å². The maximum absolute atomic E-state index is 13.2. The van der Waals surface area contributed by atoms with Crippen molar-refractivity contribution in [1.82, 2.24) is 4.98 Å². The number of pyridine rings is 1. The highest BCUT2D eigenvalue weighted by Gasteiger charge is 2.44. The maximum atomic E-state index is 13.2. The molecular formula is C24H24F3NO9. The average molecular weight is 527 g/mol. The van der Waals surface area contributed by atoms with E-state index in [0.717, 1.165) is 26.7 Å². The fourth-order valence-corrected chi connectivity index (χ4v) is 3.15. The van der Waals surface area contributed by atoms with Gasteiger partial charge in [-0.05, 0) is 44.9 Å². The molecular weight excluding hydrogens is 503 g/mol. The zero-order valence-corrected chi connectivity index (χ0v) is 20.1. The number of methoxy groups -OCH3 is 1. The number of benzene rings is 1. The van der Waals surface area contributed by atoms with Crippen molar-refractivity contribution >= 4 is 17.7 Å². The third kappa shape index (κ3) is 7.32. The lowest BCUT2D eigenvalue weighted by Crippen LogP contribution is -2.41. The van der Waals surface area contributed by atoms with Crippen LogP contribution in [0.15, 0.2) is 36.5 Å². The number of ether oxygens (including phenoxy) is 4. The van der Waals surface area contributed by atoms with Gasteiger partial charge in [-0.15, -0.1) is 0 Å². The number of nitrogens with zero attached hydrogens (tertiary/aromatic N) is 1. The molecule has 1 fully saturated rings.